The fourth-order valence-corrected chi connectivity index (χ4v) is 6.92. The van der Waals surface area contributed by atoms with Gasteiger partial charge in [0.1, 0.15) is 11.4 Å². The molecule has 0 amide bonds. The third-order valence-electron chi connectivity index (χ3n) is 8.04. The molecule has 0 saturated heterocycles. The molecule has 1 aliphatic carbocycles. The second-order valence-corrected chi connectivity index (χ2v) is 13.9. The average molecular weight is 693 g/mol. The molecule has 0 bridgehead atoms. The summed E-state index contributed by atoms with van der Waals surface area (Å²) < 4.78 is 71.3. The van der Waals surface area contributed by atoms with E-state index in [1.807, 2.05) is 85.0 Å². The van der Waals surface area contributed by atoms with Gasteiger partial charge in [-0.2, -0.15) is 16.8 Å². The summed E-state index contributed by atoms with van der Waals surface area (Å²) in [5.41, 5.74) is 6.11. The topological polar surface area (TPSA) is 115 Å². The van der Waals surface area contributed by atoms with Crippen molar-refractivity contribution in [2.45, 2.75) is 36.7 Å². The van der Waals surface area contributed by atoms with Crippen molar-refractivity contribution in [3.63, 3.8) is 0 Å². The molecule has 0 fully saturated rings. The van der Waals surface area contributed by atoms with Crippen molar-refractivity contribution in [1.82, 2.24) is 0 Å². The van der Waals surface area contributed by atoms with Gasteiger partial charge in [0.05, 0.1) is 4.90 Å². The van der Waals surface area contributed by atoms with Crippen molar-refractivity contribution < 1.29 is 60.1 Å². The van der Waals surface area contributed by atoms with E-state index in [0.29, 0.717) is 29.8 Å². The Bertz CT molecular complexity index is 2070. The molecular weight excluding hydrogens is 656 g/mol. The molecule has 11 heteroatoms. The third kappa shape index (κ3) is 9.09. The van der Waals surface area contributed by atoms with E-state index in [9.17, 15) is 25.9 Å². The Morgan fingerprint density at radius 2 is 1.29 bits per heavy atom. The number of allylic oxidation sites excluding steroid dienone is 5. The minimum atomic E-state index is -4.91. The number of hydrogen-bond acceptors (Lipinski definition) is 5. The van der Waals surface area contributed by atoms with Gasteiger partial charge >= 0.3 is 29.6 Å². The van der Waals surface area contributed by atoms with Crippen molar-refractivity contribution in [2.75, 3.05) is 18.0 Å². The standard InChI is InChI=1S/C37H36N2O6S2.Na/c1-3-38(26-28-11-7-5-8-12-28)32-19-15-30(16-20-32)37(35-24-23-34(46(40,41)42)25-36(35)47(43,44)45)31-17-21-33(22-18-31)39(4-2)27-29-13-9-6-10-14-29;/h5-25H,3-4,26-27H2,1-2H3,(H-,40,41,42,43,44,45);/q;+1/p+1. The number of hydrogen-bond donors (Lipinski definition) is 2. The van der Waals surface area contributed by atoms with E-state index in [1.165, 1.54) is 6.07 Å². The van der Waals surface area contributed by atoms with Crippen LogP contribution < -0.4 is 34.5 Å². The van der Waals surface area contributed by atoms with E-state index in [-0.39, 0.29) is 35.1 Å². The monoisotopic (exact) mass is 692 g/mol. The van der Waals surface area contributed by atoms with Crippen molar-refractivity contribution >= 4 is 37.2 Å². The Labute approximate surface area is 305 Å². The van der Waals surface area contributed by atoms with E-state index in [1.54, 1.807) is 0 Å². The maximum absolute atomic E-state index is 12.7. The Morgan fingerprint density at radius 1 is 0.708 bits per heavy atom. The van der Waals surface area contributed by atoms with E-state index in [0.717, 1.165) is 47.7 Å². The number of nitrogens with zero attached hydrogens (tertiary/aromatic N) is 2. The van der Waals surface area contributed by atoms with Crippen LogP contribution in [0.3, 0.4) is 0 Å². The first-order chi connectivity index (χ1) is 22.5. The molecule has 48 heavy (non-hydrogen) atoms. The van der Waals surface area contributed by atoms with Gasteiger partial charge in [0.25, 0.3) is 20.2 Å². The summed E-state index contributed by atoms with van der Waals surface area (Å²) in [4.78, 5) is 0.941. The van der Waals surface area contributed by atoms with Crippen LogP contribution in [0.1, 0.15) is 36.1 Å². The quantitative estimate of drug-likeness (QED) is 0.140. The van der Waals surface area contributed by atoms with Crippen LogP contribution >= 0.6 is 0 Å². The van der Waals surface area contributed by atoms with Crippen molar-refractivity contribution in [2.24, 2.45) is 0 Å². The maximum atomic E-state index is 12.7. The Morgan fingerprint density at radius 3 is 1.81 bits per heavy atom. The first-order valence-electron chi connectivity index (χ1n) is 15.2. The van der Waals surface area contributed by atoms with E-state index >= 15 is 0 Å². The summed E-state index contributed by atoms with van der Waals surface area (Å²) in [5, 5.41) is 0. The van der Waals surface area contributed by atoms with Crippen LogP contribution in [0.15, 0.2) is 143 Å². The summed E-state index contributed by atoms with van der Waals surface area (Å²) >= 11 is 0. The fourth-order valence-electron chi connectivity index (χ4n) is 5.62. The van der Waals surface area contributed by atoms with Crippen molar-refractivity contribution in [1.29, 1.82) is 0 Å². The summed E-state index contributed by atoms with van der Waals surface area (Å²) in [6, 6.07) is 31.1. The van der Waals surface area contributed by atoms with Gasteiger partial charge in [-0.15, -0.1) is 0 Å². The smallest absolute Gasteiger partial charge is 0.367 e. The van der Waals surface area contributed by atoms with Crippen molar-refractivity contribution in [3.8, 4) is 0 Å². The van der Waals surface area contributed by atoms with E-state index in [2.05, 4.69) is 47.6 Å². The molecule has 0 spiro atoms. The van der Waals surface area contributed by atoms with Crippen LogP contribution in [0.5, 0.6) is 0 Å². The largest absolute Gasteiger partial charge is 1.00 e. The molecule has 5 rings (SSSR count). The van der Waals surface area contributed by atoms with Crippen molar-refractivity contribution in [3.05, 3.63) is 155 Å². The third-order valence-corrected chi connectivity index (χ3v) is 9.78. The zero-order valence-corrected chi connectivity index (χ0v) is 30.8. The first kappa shape index (κ1) is 37.2. The minimum Gasteiger partial charge on any atom is -0.367 e. The SMILES string of the molecule is CCN(Cc1ccccc1)c1ccc(C(=C2C=CC(=[N+](CC)Cc3ccccc3)C=C2)c2ccc(S(=O)(=O)O)cc2S(=O)(=O)O)cc1.[Na+]. The predicted octanol–water partition coefficient (Wildman–Crippen LogP) is 3.81. The molecule has 0 atom stereocenters. The van der Waals surface area contributed by atoms with Gasteiger partial charge in [-0.1, -0.05) is 78.9 Å². The molecule has 0 aliphatic heterocycles. The van der Waals surface area contributed by atoms with Crippen LogP contribution in [-0.4, -0.2) is 49.3 Å². The van der Waals surface area contributed by atoms with Crippen LogP contribution in [0, 0.1) is 0 Å². The van der Waals surface area contributed by atoms with E-state index in [4.69, 9.17) is 0 Å². The van der Waals surface area contributed by atoms with Gasteiger partial charge in [0.2, 0.25) is 0 Å². The van der Waals surface area contributed by atoms with Crippen LogP contribution in [-0.2, 0) is 33.3 Å². The summed E-state index contributed by atoms with van der Waals surface area (Å²) in [7, 11) is -9.65. The van der Waals surface area contributed by atoms with Crippen LogP contribution in [0.4, 0.5) is 5.69 Å². The second kappa shape index (κ2) is 16.2. The second-order valence-electron chi connectivity index (χ2n) is 11.1. The molecule has 8 nitrogen and oxygen atoms in total. The number of rotatable bonds is 11. The van der Waals surface area contributed by atoms with E-state index < -0.39 is 30.0 Å². The first-order valence-corrected chi connectivity index (χ1v) is 18.1. The Balaban J connectivity index is 0.00000520. The zero-order chi connectivity index (χ0) is 33.6. The summed E-state index contributed by atoms with van der Waals surface area (Å²) in [6.07, 6.45) is 7.66. The van der Waals surface area contributed by atoms with Crippen LogP contribution in [0.25, 0.3) is 5.57 Å². The average Bonchev–Trinajstić information content (AvgIpc) is 3.07. The maximum Gasteiger partial charge on any atom is 1.00 e. The number of benzene rings is 4. The van der Waals surface area contributed by atoms with Gasteiger partial charge in [-0.05, 0) is 72.5 Å². The molecule has 1 aliphatic rings. The molecular formula is C37H37N2NaO6S2+2. The molecule has 0 saturated carbocycles. The van der Waals surface area contributed by atoms with Gasteiger partial charge < -0.3 is 4.90 Å². The molecule has 4 aromatic carbocycles. The predicted molar refractivity (Wildman–Crippen MR) is 186 cm³/mol. The summed E-state index contributed by atoms with van der Waals surface area (Å²) in [6.45, 7) is 7.07. The van der Waals surface area contributed by atoms with Gasteiger partial charge in [-0.3, -0.25) is 9.11 Å². The minimum absolute atomic E-state index is 0. The molecule has 0 aromatic heterocycles. The molecule has 4 aromatic rings. The Hall–Kier alpha value is -3.61. The van der Waals surface area contributed by atoms with Gasteiger partial charge in [0.15, 0.2) is 12.3 Å². The molecule has 0 radical (unpaired) electrons. The van der Waals surface area contributed by atoms with Crippen LogP contribution in [0.2, 0.25) is 0 Å². The van der Waals surface area contributed by atoms with Gasteiger partial charge in [-0.25, -0.2) is 4.58 Å². The molecule has 2 N–H and O–H groups in total. The molecule has 0 unspecified atom stereocenters. The summed E-state index contributed by atoms with van der Waals surface area (Å²) in [5.74, 6) is 0. The molecule has 242 valence electrons. The zero-order valence-electron chi connectivity index (χ0n) is 27.2. The fraction of sp³-hybridized carbons (Fsp3) is 0.162. The normalized spacial score (nSPS) is 12.8. The number of anilines is 1. The Kier molecular flexibility index (Phi) is 12.6. The molecule has 0 heterocycles. The van der Waals surface area contributed by atoms with Gasteiger partial charge in [0, 0.05) is 42.1 Å².